The van der Waals surface area contributed by atoms with E-state index in [-0.39, 0.29) is 5.82 Å². The van der Waals surface area contributed by atoms with Crippen LogP contribution >= 0.6 is 11.6 Å². The lowest BCUT2D eigenvalue weighted by Gasteiger charge is -2.11. The molecule has 5 nitrogen and oxygen atoms in total. The zero-order valence-electron chi connectivity index (χ0n) is 14.2. The lowest BCUT2D eigenvalue weighted by atomic mass is 9.99. The summed E-state index contributed by atoms with van der Waals surface area (Å²) in [4.78, 5) is 8.10. The van der Waals surface area contributed by atoms with E-state index in [1.807, 2.05) is 18.3 Å². The number of rotatable bonds is 4. The van der Waals surface area contributed by atoms with Crippen LogP contribution in [0.2, 0.25) is 5.02 Å². The van der Waals surface area contributed by atoms with Gasteiger partial charge in [-0.3, -0.25) is 4.68 Å². The number of aromatic nitrogens is 4. The van der Waals surface area contributed by atoms with Gasteiger partial charge in [-0.1, -0.05) is 29.8 Å². The molecule has 27 heavy (non-hydrogen) atoms. The molecule has 0 aliphatic rings. The number of hydrogen-bond acceptors (Lipinski definition) is 4. The van der Waals surface area contributed by atoms with Gasteiger partial charge in [-0.05, 0) is 41.0 Å². The van der Waals surface area contributed by atoms with Gasteiger partial charge in [-0.25, -0.2) is 14.4 Å². The summed E-state index contributed by atoms with van der Waals surface area (Å²) >= 11 is 5.96. The van der Waals surface area contributed by atoms with Crippen LogP contribution in [0.3, 0.4) is 0 Å². The molecule has 0 atom stereocenters. The second-order valence-corrected chi connectivity index (χ2v) is 6.50. The molecule has 2 aromatic heterocycles. The van der Waals surface area contributed by atoms with Crippen molar-refractivity contribution in [2.45, 2.75) is 6.54 Å². The number of nitrogen functional groups attached to an aromatic ring is 1. The van der Waals surface area contributed by atoms with Crippen LogP contribution < -0.4 is 5.73 Å². The molecule has 2 N–H and O–H groups in total. The van der Waals surface area contributed by atoms with Crippen molar-refractivity contribution >= 4 is 17.4 Å². The molecule has 7 heteroatoms. The topological polar surface area (TPSA) is 69.6 Å². The van der Waals surface area contributed by atoms with Crippen LogP contribution in [0.1, 0.15) is 5.56 Å². The monoisotopic (exact) mass is 379 g/mol. The van der Waals surface area contributed by atoms with Crippen molar-refractivity contribution in [2.24, 2.45) is 0 Å². The standard InChI is InChI=1S/C20H15ClFN5/c21-16-4-1-13(2-5-16)18-7-17(22)6-3-14(18)10-27-11-15(9-26-27)19-8-20(23)25-12-24-19/h1-9,11-12H,10H2,(H2,23,24,25). The molecule has 2 heterocycles. The van der Waals surface area contributed by atoms with Crippen molar-refractivity contribution in [3.05, 3.63) is 83.7 Å². The van der Waals surface area contributed by atoms with Gasteiger partial charge in [0.25, 0.3) is 0 Å². The minimum atomic E-state index is -0.290. The molecule has 0 amide bonds. The Morgan fingerprint density at radius 2 is 1.81 bits per heavy atom. The molecular weight excluding hydrogens is 365 g/mol. The van der Waals surface area contributed by atoms with Crippen LogP contribution in [-0.4, -0.2) is 19.7 Å². The number of nitrogens with zero attached hydrogens (tertiary/aromatic N) is 4. The third kappa shape index (κ3) is 3.80. The Morgan fingerprint density at radius 3 is 2.59 bits per heavy atom. The van der Waals surface area contributed by atoms with Crippen LogP contribution in [0, 0.1) is 5.82 Å². The third-order valence-electron chi connectivity index (χ3n) is 4.18. The predicted octanol–water partition coefficient (Wildman–Crippen LogP) is 4.43. The van der Waals surface area contributed by atoms with Crippen molar-refractivity contribution in [1.82, 2.24) is 19.7 Å². The van der Waals surface area contributed by atoms with Crippen molar-refractivity contribution in [2.75, 3.05) is 5.73 Å². The second kappa shape index (κ2) is 7.17. The normalized spacial score (nSPS) is 10.9. The van der Waals surface area contributed by atoms with Crippen molar-refractivity contribution in [3.8, 4) is 22.4 Å². The fourth-order valence-electron chi connectivity index (χ4n) is 2.87. The number of nitrogens with two attached hydrogens (primary N) is 1. The molecular formula is C20H15ClFN5. The van der Waals surface area contributed by atoms with Crippen LogP contribution in [-0.2, 0) is 6.54 Å². The highest BCUT2D eigenvalue weighted by Crippen LogP contribution is 2.27. The van der Waals surface area contributed by atoms with Gasteiger partial charge in [-0.15, -0.1) is 0 Å². The van der Waals surface area contributed by atoms with Crippen LogP contribution in [0.25, 0.3) is 22.4 Å². The minimum Gasteiger partial charge on any atom is -0.384 e. The number of hydrogen-bond donors (Lipinski definition) is 1. The van der Waals surface area contributed by atoms with Gasteiger partial charge in [0, 0.05) is 22.8 Å². The lowest BCUT2D eigenvalue weighted by molar-refractivity contribution is 0.625. The average Bonchev–Trinajstić information content (AvgIpc) is 3.13. The molecule has 4 aromatic rings. The highest BCUT2D eigenvalue weighted by Gasteiger charge is 2.10. The number of benzene rings is 2. The smallest absolute Gasteiger partial charge is 0.127 e. The van der Waals surface area contributed by atoms with Crippen LogP contribution in [0.15, 0.2) is 67.3 Å². The molecule has 0 fully saturated rings. The first-order valence-electron chi connectivity index (χ1n) is 8.23. The molecule has 0 spiro atoms. The molecule has 0 aliphatic heterocycles. The minimum absolute atomic E-state index is 0.290. The fourth-order valence-corrected chi connectivity index (χ4v) is 3.00. The molecule has 0 saturated heterocycles. The highest BCUT2D eigenvalue weighted by atomic mass is 35.5. The van der Waals surface area contributed by atoms with Gasteiger partial charge in [0.05, 0.1) is 18.4 Å². The van der Waals surface area contributed by atoms with Crippen LogP contribution in [0.4, 0.5) is 10.2 Å². The van der Waals surface area contributed by atoms with E-state index >= 15 is 0 Å². The largest absolute Gasteiger partial charge is 0.384 e. The summed E-state index contributed by atoms with van der Waals surface area (Å²) in [5, 5.41) is 5.03. The molecule has 0 aliphatic carbocycles. The Labute approximate surface area is 160 Å². The maximum atomic E-state index is 13.8. The Balaban J connectivity index is 1.66. The molecule has 0 saturated carbocycles. The van der Waals surface area contributed by atoms with Gasteiger partial charge in [0.1, 0.15) is 18.0 Å². The van der Waals surface area contributed by atoms with E-state index in [1.54, 1.807) is 35.1 Å². The van der Waals surface area contributed by atoms with Crippen LogP contribution in [0.5, 0.6) is 0 Å². The maximum absolute atomic E-state index is 13.8. The third-order valence-corrected chi connectivity index (χ3v) is 4.43. The molecule has 4 rings (SSSR count). The van der Waals surface area contributed by atoms with Crippen molar-refractivity contribution < 1.29 is 4.39 Å². The summed E-state index contributed by atoms with van der Waals surface area (Å²) in [5.74, 6) is 0.109. The summed E-state index contributed by atoms with van der Waals surface area (Å²) in [6, 6.07) is 13.8. The lowest BCUT2D eigenvalue weighted by Crippen LogP contribution is -2.02. The second-order valence-electron chi connectivity index (χ2n) is 6.06. The summed E-state index contributed by atoms with van der Waals surface area (Å²) in [6.45, 7) is 0.485. The van der Waals surface area contributed by atoms with E-state index in [1.165, 1.54) is 18.5 Å². The SMILES string of the molecule is Nc1cc(-c2cnn(Cc3ccc(F)cc3-c3ccc(Cl)cc3)c2)ncn1. The molecule has 0 unspecified atom stereocenters. The predicted molar refractivity (Wildman–Crippen MR) is 104 cm³/mol. The van der Waals surface area contributed by atoms with Crippen molar-refractivity contribution in [3.63, 3.8) is 0 Å². The highest BCUT2D eigenvalue weighted by molar-refractivity contribution is 6.30. The average molecular weight is 380 g/mol. The molecule has 0 bridgehead atoms. The number of halogens is 2. The zero-order chi connectivity index (χ0) is 18.8. The Bertz CT molecular complexity index is 1090. The van der Waals surface area contributed by atoms with E-state index in [2.05, 4.69) is 15.1 Å². The first-order valence-corrected chi connectivity index (χ1v) is 8.61. The first-order chi connectivity index (χ1) is 13.1. The van der Waals surface area contributed by atoms with Gasteiger partial charge in [0.2, 0.25) is 0 Å². The summed E-state index contributed by atoms with van der Waals surface area (Å²) in [5.41, 5.74) is 9.88. The van der Waals surface area contributed by atoms with E-state index < -0.39 is 0 Å². The summed E-state index contributed by atoms with van der Waals surface area (Å²) < 4.78 is 15.6. The molecule has 0 radical (unpaired) electrons. The van der Waals surface area contributed by atoms with E-state index in [9.17, 15) is 4.39 Å². The summed E-state index contributed by atoms with van der Waals surface area (Å²) in [6.07, 6.45) is 5.00. The zero-order valence-corrected chi connectivity index (χ0v) is 14.9. The van der Waals surface area contributed by atoms with Gasteiger partial charge in [0.15, 0.2) is 0 Å². The van der Waals surface area contributed by atoms with E-state index in [4.69, 9.17) is 17.3 Å². The van der Waals surface area contributed by atoms with E-state index in [0.717, 1.165) is 22.3 Å². The maximum Gasteiger partial charge on any atom is 0.127 e. The molecule has 2 aromatic carbocycles. The fraction of sp³-hybridized carbons (Fsp3) is 0.0500. The van der Waals surface area contributed by atoms with Gasteiger partial charge in [-0.2, -0.15) is 5.10 Å². The summed E-state index contributed by atoms with van der Waals surface area (Å²) in [7, 11) is 0. The van der Waals surface area contributed by atoms with Crippen molar-refractivity contribution in [1.29, 1.82) is 0 Å². The Morgan fingerprint density at radius 1 is 1.00 bits per heavy atom. The Kier molecular flexibility index (Phi) is 4.56. The Hall–Kier alpha value is -3.25. The van der Waals surface area contributed by atoms with E-state index in [0.29, 0.717) is 23.1 Å². The molecule has 134 valence electrons. The quantitative estimate of drug-likeness (QED) is 0.569. The van der Waals surface area contributed by atoms with Gasteiger partial charge < -0.3 is 5.73 Å². The first kappa shape index (κ1) is 17.2. The number of anilines is 1. The van der Waals surface area contributed by atoms with Gasteiger partial charge >= 0.3 is 0 Å².